The van der Waals surface area contributed by atoms with Crippen LogP contribution in [0.2, 0.25) is 0 Å². The second kappa shape index (κ2) is 12.4. The lowest BCUT2D eigenvalue weighted by molar-refractivity contribution is -0.154. The number of fused-ring (bicyclic) bond motifs is 2. The van der Waals surface area contributed by atoms with Gasteiger partial charge >= 0.3 is 5.97 Å². The van der Waals surface area contributed by atoms with Gasteiger partial charge in [-0.25, -0.2) is 0 Å². The van der Waals surface area contributed by atoms with Crippen LogP contribution < -0.4 is 4.90 Å². The molecule has 3 aliphatic heterocycles. The van der Waals surface area contributed by atoms with Crippen molar-refractivity contribution in [2.75, 3.05) is 24.7 Å². The van der Waals surface area contributed by atoms with Gasteiger partial charge in [-0.3, -0.25) is 14.4 Å². The van der Waals surface area contributed by atoms with Gasteiger partial charge in [-0.1, -0.05) is 49.4 Å². The Morgan fingerprint density at radius 1 is 1.20 bits per heavy atom. The van der Waals surface area contributed by atoms with Crippen molar-refractivity contribution in [3.63, 3.8) is 0 Å². The number of likely N-dealkylation sites (tertiary alicyclic amines) is 1. The summed E-state index contributed by atoms with van der Waals surface area (Å²) in [6.07, 6.45) is 7.94. The molecule has 3 saturated heterocycles. The van der Waals surface area contributed by atoms with Crippen LogP contribution in [0.25, 0.3) is 10.8 Å². The van der Waals surface area contributed by atoms with E-state index in [0.29, 0.717) is 19.4 Å². The van der Waals surface area contributed by atoms with Crippen LogP contribution in [0, 0.1) is 11.8 Å². The van der Waals surface area contributed by atoms with Gasteiger partial charge in [-0.2, -0.15) is 0 Å². The number of hydrogen-bond donors (Lipinski definition) is 1. The van der Waals surface area contributed by atoms with E-state index in [2.05, 4.69) is 13.2 Å². The van der Waals surface area contributed by atoms with Gasteiger partial charge in [0.25, 0.3) is 5.91 Å². The van der Waals surface area contributed by atoms with E-state index in [1.165, 1.54) is 0 Å². The zero-order chi connectivity index (χ0) is 29.1. The number of aliphatic hydroxyl groups excluding tert-OH is 1. The third kappa shape index (κ3) is 5.10. The maximum absolute atomic E-state index is 14.7. The van der Waals surface area contributed by atoms with E-state index in [1.807, 2.05) is 55.5 Å². The second-order valence-electron chi connectivity index (χ2n) is 11.3. The molecule has 0 aromatic heterocycles. The van der Waals surface area contributed by atoms with Crippen LogP contribution in [0.4, 0.5) is 5.69 Å². The first-order valence-corrected chi connectivity index (χ1v) is 15.6. The minimum atomic E-state index is -0.802. The van der Waals surface area contributed by atoms with E-state index in [4.69, 9.17) is 4.74 Å². The van der Waals surface area contributed by atoms with E-state index < -0.39 is 28.7 Å². The molecule has 1 N–H and O–H groups in total. The van der Waals surface area contributed by atoms with E-state index in [9.17, 15) is 19.5 Å². The standard InChI is InChI=1S/C33H40N2O5S/c1-4-7-8-11-19-40-32(39)27-26-16-17-33(41-26)28(27)30(37)35(24(6-3)21-36)29(33)31(38)34(18-5-2)25-15-14-22-12-9-10-13-23(22)20-25/h4-5,9-10,12-15,20,24,26-29,36H,1-2,6-8,11,16-19,21H2,3H3/t24-,26-,27+,28-,29?,33?/m0/s1. The first-order valence-electron chi connectivity index (χ1n) is 14.7. The molecule has 3 fully saturated rings. The number of carbonyl (C=O) groups excluding carboxylic acids is 3. The molecular weight excluding hydrogens is 536 g/mol. The summed E-state index contributed by atoms with van der Waals surface area (Å²) in [5.41, 5.74) is 0.728. The molecule has 5 rings (SSSR count). The Morgan fingerprint density at radius 2 is 1.98 bits per heavy atom. The fourth-order valence-corrected chi connectivity index (χ4v) is 9.24. The molecule has 2 unspecified atom stereocenters. The number of aliphatic hydroxyl groups is 1. The Morgan fingerprint density at radius 3 is 2.68 bits per heavy atom. The van der Waals surface area contributed by atoms with Crippen molar-refractivity contribution in [3.8, 4) is 0 Å². The molecule has 2 amide bonds. The smallest absolute Gasteiger partial charge is 0.310 e. The third-order valence-corrected chi connectivity index (χ3v) is 10.9. The van der Waals surface area contributed by atoms with Gasteiger partial charge < -0.3 is 19.6 Å². The van der Waals surface area contributed by atoms with Crippen LogP contribution in [0.5, 0.6) is 0 Å². The predicted molar refractivity (Wildman–Crippen MR) is 164 cm³/mol. The van der Waals surface area contributed by atoms with Crippen molar-refractivity contribution in [1.29, 1.82) is 0 Å². The van der Waals surface area contributed by atoms with Crippen LogP contribution in [0.3, 0.4) is 0 Å². The van der Waals surface area contributed by atoms with Crippen LogP contribution in [0.15, 0.2) is 67.8 Å². The van der Waals surface area contributed by atoms with Gasteiger partial charge in [-0.15, -0.1) is 24.9 Å². The summed E-state index contributed by atoms with van der Waals surface area (Å²) < 4.78 is 4.96. The molecule has 0 radical (unpaired) electrons. The number of amides is 2. The number of allylic oxidation sites excluding steroid dienone is 1. The predicted octanol–water partition coefficient (Wildman–Crippen LogP) is 5.12. The molecule has 6 atom stereocenters. The number of hydrogen-bond acceptors (Lipinski definition) is 6. The monoisotopic (exact) mass is 576 g/mol. The van der Waals surface area contributed by atoms with Gasteiger partial charge in [0.15, 0.2) is 0 Å². The zero-order valence-electron chi connectivity index (χ0n) is 23.7. The minimum Gasteiger partial charge on any atom is -0.465 e. The largest absolute Gasteiger partial charge is 0.465 e. The molecule has 0 aliphatic carbocycles. The van der Waals surface area contributed by atoms with Crippen LogP contribution in [0.1, 0.15) is 45.4 Å². The van der Waals surface area contributed by atoms with Crippen LogP contribution in [-0.2, 0) is 19.1 Å². The normalized spacial score (nSPS) is 27.1. The molecule has 2 bridgehead atoms. The number of esters is 1. The summed E-state index contributed by atoms with van der Waals surface area (Å²) >= 11 is 1.62. The minimum absolute atomic E-state index is 0.0650. The highest BCUT2D eigenvalue weighted by molar-refractivity contribution is 8.02. The summed E-state index contributed by atoms with van der Waals surface area (Å²) in [5.74, 6) is -2.00. The highest BCUT2D eigenvalue weighted by Crippen LogP contribution is 2.67. The van der Waals surface area contributed by atoms with Crippen molar-refractivity contribution in [3.05, 3.63) is 67.8 Å². The Labute approximate surface area is 246 Å². The van der Waals surface area contributed by atoms with Crippen LogP contribution >= 0.6 is 11.8 Å². The molecule has 3 heterocycles. The zero-order valence-corrected chi connectivity index (χ0v) is 24.6. The highest BCUT2D eigenvalue weighted by Gasteiger charge is 2.74. The Bertz CT molecular complexity index is 1330. The van der Waals surface area contributed by atoms with Gasteiger partial charge in [0, 0.05) is 17.5 Å². The number of carbonyl (C=O) groups is 3. The van der Waals surface area contributed by atoms with Crippen molar-refractivity contribution < 1.29 is 24.2 Å². The molecule has 3 aliphatic rings. The average Bonchev–Trinajstić information content (AvgIpc) is 3.63. The molecule has 7 nitrogen and oxygen atoms in total. The Kier molecular flexibility index (Phi) is 8.90. The summed E-state index contributed by atoms with van der Waals surface area (Å²) in [6, 6.07) is 12.6. The summed E-state index contributed by atoms with van der Waals surface area (Å²) in [5, 5.41) is 12.3. The molecule has 2 aromatic rings. The summed E-state index contributed by atoms with van der Waals surface area (Å²) in [4.78, 5) is 45.7. The highest BCUT2D eigenvalue weighted by atomic mass is 32.2. The number of thioether (sulfide) groups is 1. The topological polar surface area (TPSA) is 87.2 Å². The van der Waals surface area contributed by atoms with E-state index in [1.54, 1.807) is 27.6 Å². The summed E-state index contributed by atoms with van der Waals surface area (Å²) in [6.45, 7) is 9.88. The lowest BCUT2D eigenvalue weighted by atomic mass is 9.71. The molecule has 218 valence electrons. The van der Waals surface area contributed by atoms with E-state index >= 15 is 0 Å². The number of ether oxygens (including phenoxy) is 1. The SMILES string of the molecule is C=CCCCCOC(=O)[C@@H]1[C@@H]2CCC3(S2)C(C(=O)N(CC=C)c2ccc4ccccc4c2)N([C@@H](CC)CO)C(=O)[C@H]13. The molecule has 8 heteroatoms. The first kappa shape index (κ1) is 29.4. The van der Waals surface area contributed by atoms with E-state index in [-0.39, 0.29) is 36.2 Å². The van der Waals surface area contributed by atoms with Gasteiger partial charge in [0.2, 0.25) is 5.91 Å². The quantitative estimate of drug-likeness (QED) is 0.202. The lowest BCUT2D eigenvalue weighted by Gasteiger charge is -2.39. The third-order valence-electron chi connectivity index (χ3n) is 8.99. The van der Waals surface area contributed by atoms with Crippen molar-refractivity contribution in [1.82, 2.24) is 4.90 Å². The Balaban J connectivity index is 1.50. The van der Waals surface area contributed by atoms with Gasteiger partial charge in [0.1, 0.15) is 6.04 Å². The van der Waals surface area contributed by atoms with Crippen molar-refractivity contribution >= 4 is 46.0 Å². The molecule has 2 aromatic carbocycles. The number of benzene rings is 2. The number of unbranched alkanes of at least 4 members (excludes halogenated alkanes) is 2. The lowest BCUT2D eigenvalue weighted by Crippen LogP contribution is -2.57. The Hall–Kier alpha value is -3.10. The molecule has 41 heavy (non-hydrogen) atoms. The first-order chi connectivity index (χ1) is 19.9. The van der Waals surface area contributed by atoms with Crippen molar-refractivity contribution in [2.24, 2.45) is 11.8 Å². The van der Waals surface area contributed by atoms with Gasteiger partial charge in [-0.05, 0) is 61.4 Å². The number of anilines is 1. The fourth-order valence-electron chi connectivity index (χ4n) is 7.05. The molecule has 0 saturated carbocycles. The second-order valence-corrected chi connectivity index (χ2v) is 12.9. The molecule has 1 spiro atoms. The van der Waals surface area contributed by atoms with Gasteiger partial charge in [0.05, 0.1) is 35.8 Å². The summed E-state index contributed by atoms with van der Waals surface area (Å²) in [7, 11) is 0. The van der Waals surface area contributed by atoms with Crippen LogP contribution in [-0.4, -0.2) is 69.6 Å². The molecular formula is C33H40N2O5S. The fraction of sp³-hybridized carbons (Fsp3) is 0.485. The van der Waals surface area contributed by atoms with E-state index in [0.717, 1.165) is 42.1 Å². The number of rotatable bonds is 13. The van der Waals surface area contributed by atoms with Crippen molar-refractivity contribution in [2.45, 2.75) is 67.5 Å². The number of nitrogens with zero attached hydrogens (tertiary/aromatic N) is 2. The average molecular weight is 577 g/mol. The maximum atomic E-state index is 14.7. The maximum Gasteiger partial charge on any atom is 0.310 e.